The maximum absolute atomic E-state index is 12.7. The number of benzene rings is 1. The molecule has 8 heteroatoms. The smallest absolute Gasteiger partial charge is 0.233 e. The van der Waals surface area contributed by atoms with E-state index in [4.69, 9.17) is 4.42 Å². The molecule has 0 aliphatic heterocycles. The highest BCUT2D eigenvalue weighted by Crippen LogP contribution is 2.28. The first-order valence-corrected chi connectivity index (χ1v) is 10.8. The molecule has 1 amide bonds. The van der Waals surface area contributed by atoms with Crippen LogP contribution in [0.5, 0.6) is 0 Å². The molecule has 0 saturated carbocycles. The van der Waals surface area contributed by atoms with Crippen LogP contribution in [0.3, 0.4) is 0 Å². The van der Waals surface area contributed by atoms with Crippen LogP contribution in [0, 0.1) is 13.8 Å². The molecule has 0 unspecified atom stereocenters. The number of thioether (sulfide) groups is 1. The summed E-state index contributed by atoms with van der Waals surface area (Å²) in [6.07, 6.45) is 5.07. The molecule has 31 heavy (non-hydrogen) atoms. The van der Waals surface area contributed by atoms with Crippen molar-refractivity contribution >= 4 is 17.7 Å². The van der Waals surface area contributed by atoms with Gasteiger partial charge in [0, 0.05) is 25.0 Å². The summed E-state index contributed by atoms with van der Waals surface area (Å²) in [7, 11) is 1.77. The first-order chi connectivity index (χ1) is 15.0. The molecule has 0 aliphatic rings. The van der Waals surface area contributed by atoms with Crippen LogP contribution in [-0.2, 0) is 11.3 Å². The van der Waals surface area contributed by atoms with Gasteiger partial charge in [0.15, 0.2) is 11.0 Å². The van der Waals surface area contributed by atoms with E-state index in [1.54, 1.807) is 30.6 Å². The zero-order valence-electron chi connectivity index (χ0n) is 17.6. The molecule has 0 bridgehead atoms. The summed E-state index contributed by atoms with van der Waals surface area (Å²) >= 11 is 1.37. The lowest BCUT2D eigenvalue weighted by atomic mass is 10.1. The third-order valence-corrected chi connectivity index (χ3v) is 5.96. The predicted molar refractivity (Wildman–Crippen MR) is 120 cm³/mol. The average molecular weight is 434 g/mol. The summed E-state index contributed by atoms with van der Waals surface area (Å²) in [5.41, 5.74) is 4.26. The van der Waals surface area contributed by atoms with Crippen LogP contribution >= 0.6 is 11.8 Å². The molecule has 0 fully saturated rings. The SMILES string of the molecule is Cc1ccc(-n2c(SCC(=O)N(C)Cc3ccco3)nnc2-c2ccncc2)cc1C. The first-order valence-electron chi connectivity index (χ1n) is 9.85. The van der Waals surface area contributed by atoms with E-state index in [1.807, 2.05) is 34.9 Å². The summed E-state index contributed by atoms with van der Waals surface area (Å²) in [5.74, 6) is 1.70. The molecule has 0 spiro atoms. The van der Waals surface area contributed by atoms with Crippen LogP contribution in [0.25, 0.3) is 17.1 Å². The van der Waals surface area contributed by atoms with Gasteiger partial charge < -0.3 is 9.32 Å². The van der Waals surface area contributed by atoms with E-state index in [1.165, 1.54) is 22.9 Å². The summed E-state index contributed by atoms with van der Waals surface area (Å²) < 4.78 is 7.33. The molecule has 0 saturated heterocycles. The maximum atomic E-state index is 12.7. The Labute approximate surface area is 185 Å². The molecule has 158 valence electrons. The molecule has 0 radical (unpaired) electrons. The molecule has 1 aromatic carbocycles. The van der Waals surface area contributed by atoms with Gasteiger partial charge in [0.1, 0.15) is 5.76 Å². The zero-order valence-corrected chi connectivity index (χ0v) is 18.5. The van der Waals surface area contributed by atoms with E-state index in [-0.39, 0.29) is 11.7 Å². The van der Waals surface area contributed by atoms with Gasteiger partial charge in [-0.25, -0.2) is 0 Å². The molecule has 7 nitrogen and oxygen atoms in total. The van der Waals surface area contributed by atoms with Gasteiger partial charge >= 0.3 is 0 Å². The Balaban J connectivity index is 1.60. The summed E-state index contributed by atoms with van der Waals surface area (Å²) in [4.78, 5) is 18.4. The molecule has 4 rings (SSSR count). The van der Waals surface area contributed by atoms with Gasteiger partial charge in [-0.05, 0) is 61.4 Å². The van der Waals surface area contributed by atoms with E-state index < -0.39 is 0 Å². The Morgan fingerprint density at radius 3 is 2.61 bits per heavy atom. The molecule has 4 aromatic rings. The lowest BCUT2D eigenvalue weighted by molar-refractivity contribution is -0.127. The number of rotatable bonds is 7. The van der Waals surface area contributed by atoms with Gasteiger partial charge in [-0.3, -0.25) is 14.3 Å². The summed E-state index contributed by atoms with van der Waals surface area (Å²) in [6.45, 7) is 4.59. The van der Waals surface area contributed by atoms with Crippen LogP contribution in [0.1, 0.15) is 16.9 Å². The van der Waals surface area contributed by atoms with Crippen molar-refractivity contribution in [2.24, 2.45) is 0 Å². The monoisotopic (exact) mass is 433 g/mol. The van der Waals surface area contributed by atoms with Crippen LogP contribution in [0.15, 0.2) is 70.7 Å². The van der Waals surface area contributed by atoms with Gasteiger partial charge in [0.2, 0.25) is 5.91 Å². The number of nitrogens with zero attached hydrogens (tertiary/aromatic N) is 5. The fraction of sp³-hybridized carbons (Fsp3) is 0.217. The Kier molecular flexibility index (Phi) is 6.18. The molecule has 0 aliphatic carbocycles. The lowest BCUT2D eigenvalue weighted by Gasteiger charge is -2.16. The van der Waals surface area contributed by atoms with Gasteiger partial charge in [-0.2, -0.15) is 0 Å². The number of pyridine rings is 1. The minimum atomic E-state index is -0.0125. The number of hydrogen-bond donors (Lipinski definition) is 0. The van der Waals surface area contributed by atoms with E-state index in [2.05, 4.69) is 41.2 Å². The second-order valence-electron chi connectivity index (χ2n) is 7.26. The highest BCUT2D eigenvalue weighted by Gasteiger charge is 2.19. The Morgan fingerprint density at radius 1 is 1.10 bits per heavy atom. The molecule has 3 aromatic heterocycles. The highest BCUT2D eigenvalue weighted by atomic mass is 32.2. The number of hydrogen-bond acceptors (Lipinski definition) is 6. The maximum Gasteiger partial charge on any atom is 0.233 e. The van der Waals surface area contributed by atoms with E-state index in [0.29, 0.717) is 17.5 Å². The third-order valence-electron chi connectivity index (χ3n) is 5.04. The van der Waals surface area contributed by atoms with E-state index in [0.717, 1.165) is 17.0 Å². The zero-order chi connectivity index (χ0) is 21.8. The van der Waals surface area contributed by atoms with Crippen molar-refractivity contribution in [3.63, 3.8) is 0 Å². The minimum Gasteiger partial charge on any atom is -0.467 e. The number of carbonyl (C=O) groups is 1. The number of amides is 1. The van der Waals surface area contributed by atoms with Crippen LogP contribution in [0.2, 0.25) is 0 Å². The lowest BCUT2D eigenvalue weighted by Crippen LogP contribution is -2.27. The van der Waals surface area contributed by atoms with Gasteiger partial charge in [-0.1, -0.05) is 17.8 Å². The summed E-state index contributed by atoms with van der Waals surface area (Å²) in [5, 5.41) is 9.48. The number of aryl methyl sites for hydroxylation is 2. The van der Waals surface area contributed by atoms with Crippen molar-refractivity contribution in [1.29, 1.82) is 0 Å². The fourth-order valence-electron chi connectivity index (χ4n) is 3.11. The van der Waals surface area contributed by atoms with Crippen LogP contribution < -0.4 is 0 Å². The normalized spacial score (nSPS) is 10.9. The van der Waals surface area contributed by atoms with Crippen LogP contribution in [0.4, 0.5) is 0 Å². The fourth-order valence-corrected chi connectivity index (χ4v) is 4.00. The predicted octanol–water partition coefficient (Wildman–Crippen LogP) is 4.29. The summed E-state index contributed by atoms with van der Waals surface area (Å²) in [6, 6.07) is 13.7. The van der Waals surface area contributed by atoms with Crippen molar-refractivity contribution < 1.29 is 9.21 Å². The number of aromatic nitrogens is 4. The standard InChI is InChI=1S/C23H23N5O2S/c1-16-6-7-19(13-17(16)2)28-22(18-8-10-24-11-9-18)25-26-23(28)31-15-21(29)27(3)14-20-5-4-12-30-20/h4-13H,14-15H2,1-3H3. The number of carbonyl (C=O) groups excluding carboxylic acids is 1. The van der Waals surface area contributed by atoms with Crippen molar-refractivity contribution in [2.75, 3.05) is 12.8 Å². The van der Waals surface area contributed by atoms with Gasteiger partial charge in [0.25, 0.3) is 0 Å². The van der Waals surface area contributed by atoms with Crippen molar-refractivity contribution in [3.05, 3.63) is 78.0 Å². The molecule has 0 N–H and O–H groups in total. The Bertz CT molecular complexity index is 1170. The quantitative estimate of drug-likeness (QED) is 0.405. The van der Waals surface area contributed by atoms with Gasteiger partial charge in [-0.15, -0.1) is 10.2 Å². The molecular weight excluding hydrogens is 410 g/mol. The Morgan fingerprint density at radius 2 is 1.90 bits per heavy atom. The van der Waals surface area contributed by atoms with E-state index >= 15 is 0 Å². The Hall–Kier alpha value is -3.39. The second kappa shape index (κ2) is 9.18. The topological polar surface area (TPSA) is 77.0 Å². The van der Waals surface area contributed by atoms with Crippen molar-refractivity contribution in [2.45, 2.75) is 25.5 Å². The largest absolute Gasteiger partial charge is 0.467 e. The molecule has 3 heterocycles. The second-order valence-corrected chi connectivity index (χ2v) is 8.21. The number of furan rings is 1. The van der Waals surface area contributed by atoms with Crippen LogP contribution in [-0.4, -0.2) is 43.4 Å². The first kappa shape index (κ1) is 20.9. The van der Waals surface area contributed by atoms with Crippen molar-refractivity contribution in [1.82, 2.24) is 24.6 Å². The van der Waals surface area contributed by atoms with Gasteiger partial charge in [0.05, 0.1) is 24.2 Å². The molecular formula is C23H23N5O2S. The molecule has 0 atom stereocenters. The van der Waals surface area contributed by atoms with Crippen molar-refractivity contribution in [3.8, 4) is 17.1 Å². The minimum absolute atomic E-state index is 0.0125. The third kappa shape index (κ3) is 4.69. The highest BCUT2D eigenvalue weighted by molar-refractivity contribution is 7.99. The van der Waals surface area contributed by atoms with E-state index in [9.17, 15) is 4.79 Å². The average Bonchev–Trinajstić information content (AvgIpc) is 3.44.